The highest BCUT2D eigenvalue weighted by molar-refractivity contribution is 5.94. The first-order chi connectivity index (χ1) is 18.8. The summed E-state index contributed by atoms with van der Waals surface area (Å²) in [5.41, 5.74) is 4.02. The predicted molar refractivity (Wildman–Crippen MR) is 138 cm³/mol. The van der Waals surface area contributed by atoms with Crippen LogP contribution in [0.1, 0.15) is 51.8 Å². The Morgan fingerprint density at radius 2 is 2.08 bits per heavy atom. The average molecular weight is 530 g/mol. The Bertz CT molecular complexity index is 1630. The summed E-state index contributed by atoms with van der Waals surface area (Å²) in [6.45, 7) is 4.17. The second-order valence-electron chi connectivity index (χ2n) is 10.0. The lowest BCUT2D eigenvalue weighted by atomic mass is 9.79. The Kier molecular flexibility index (Phi) is 6.19. The van der Waals surface area contributed by atoms with E-state index in [1.807, 2.05) is 30.0 Å². The molecule has 198 valence electrons. The number of ether oxygens (including phenoxy) is 1. The Hall–Kier alpha value is -4.43. The fraction of sp³-hybridized carbons (Fsp3) is 0.321. The molecule has 0 saturated carbocycles. The van der Waals surface area contributed by atoms with Crippen molar-refractivity contribution >= 4 is 22.5 Å². The highest BCUT2D eigenvalue weighted by atomic mass is 19.3. The molecule has 9 nitrogen and oxygen atoms in total. The minimum atomic E-state index is -2.57. The van der Waals surface area contributed by atoms with E-state index >= 15 is 0 Å². The van der Waals surface area contributed by atoms with Gasteiger partial charge in [0.1, 0.15) is 5.41 Å². The van der Waals surface area contributed by atoms with E-state index in [1.165, 1.54) is 6.20 Å². The number of anilines is 1. The van der Waals surface area contributed by atoms with E-state index in [0.29, 0.717) is 48.7 Å². The quantitative estimate of drug-likeness (QED) is 0.416. The SMILES string of the molecule is C[C@@]1(C#N)COCc2ccc(C(=O)NCc3cc4cc(N5CCn6ncc(C(F)F)c6C5)cnc4cn3)cc21. The van der Waals surface area contributed by atoms with Crippen molar-refractivity contribution in [3.8, 4) is 6.07 Å². The van der Waals surface area contributed by atoms with E-state index in [9.17, 15) is 18.8 Å². The molecule has 1 aromatic carbocycles. The summed E-state index contributed by atoms with van der Waals surface area (Å²) in [4.78, 5) is 23.9. The summed E-state index contributed by atoms with van der Waals surface area (Å²) >= 11 is 0. The third-order valence-electron chi connectivity index (χ3n) is 7.41. The van der Waals surface area contributed by atoms with Crippen LogP contribution in [-0.4, -0.2) is 38.8 Å². The van der Waals surface area contributed by atoms with E-state index in [0.717, 1.165) is 22.2 Å². The van der Waals surface area contributed by atoms with E-state index < -0.39 is 11.8 Å². The minimum Gasteiger partial charge on any atom is -0.375 e. The van der Waals surface area contributed by atoms with Crippen molar-refractivity contribution in [2.24, 2.45) is 0 Å². The number of amides is 1. The van der Waals surface area contributed by atoms with Gasteiger partial charge in [0.25, 0.3) is 12.3 Å². The maximum atomic E-state index is 13.4. The number of nitrogens with one attached hydrogen (secondary N) is 1. The van der Waals surface area contributed by atoms with Crippen molar-refractivity contribution in [2.75, 3.05) is 18.1 Å². The average Bonchev–Trinajstić information content (AvgIpc) is 3.39. The molecule has 0 unspecified atom stereocenters. The summed E-state index contributed by atoms with van der Waals surface area (Å²) in [6, 6.07) is 11.5. The Balaban J connectivity index is 1.18. The standard InChI is InChI=1S/C28H25F2N7O2/c1-28(15-31)16-39-14-18-3-2-17(8-23(18)28)27(38)34-9-20-6-19-7-21(10-33-24(19)12-32-20)36-4-5-37-25(13-36)22(11-35-37)26(29)30/h2-3,6-8,10-12,26H,4-5,9,13-14,16H2,1H3,(H,34,38)/t28-/m1/s1. The monoisotopic (exact) mass is 529 g/mol. The van der Waals surface area contributed by atoms with Crippen LogP contribution in [0.3, 0.4) is 0 Å². The molecule has 0 fully saturated rings. The van der Waals surface area contributed by atoms with Crippen molar-refractivity contribution in [3.05, 3.63) is 82.6 Å². The Morgan fingerprint density at radius 3 is 2.90 bits per heavy atom. The second kappa shape index (κ2) is 9.71. The molecule has 11 heteroatoms. The van der Waals surface area contributed by atoms with Gasteiger partial charge in [-0.15, -0.1) is 0 Å². The van der Waals surface area contributed by atoms with Crippen LogP contribution in [0.4, 0.5) is 14.5 Å². The maximum Gasteiger partial charge on any atom is 0.267 e. The van der Waals surface area contributed by atoms with Gasteiger partial charge in [0, 0.05) is 17.5 Å². The summed E-state index contributed by atoms with van der Waals surface area (Å²) in [6.07, 6.45) is 2.04. The van der Waals surface area contributed by atoms with Gasteiger partial charge in [-0.05, 0) is 42.3 Å². The summed E-state index contributed by atoms with van der Waals surface area (Å²) in [5, 5.41) is 17.5. The van der Waals surface area contributed by atoms with Crippen LogP contribution in [-0.2, 0) is 36.4 Å². The molecule has 0 bridgehead atoms. The third kappa shape index (κ3) is 4.57. The molecule has 0 spiro atoms. The van der Waals surface area contributed by atoms with Crippen molar-refractivity contribution in [1.29, 1.82) is 5.26 Å². The summed E-state index contributed by atoms with van der Waals surface area (Å²) in [7, 11) is 0. The molecule has 5 heterocycles. The maximum absolute atomic E-state index is 13.4. The molecule has 4 aromatic rings. The zero-order chi connectivity index (χ0) is 27.1. The molecular formula is C28H25F2N7O2. The number of nitriles is 1. The van der Waals surface area contributed by atoms with E-state index in [-0.39, 0.29) is 24.6 Å². The summed E-state index contributed by atoms with van der Waals surface area (Å²) < 4.78 is 34.0. The van der Waals surface area contributed by atoms with Crippen LogP contribution in [0.2, 0.25) is 0 Å². The number of benzene rings is 1. The smallest absolute Gasteiger partial charge is 0.267 e. The molecule has 0 aliphatic carbocycles. The zero-order valence-corrected chi connectivity index (χ0v) is 21.2. The van der Waals surface area contributed by atoms with Crippen LogP contribution >= 0.6 is 0 Å². The molecule has 39 heavy (non-hydrogen) atoms. The number of halogens is 2. The fourth-order valence-corrected chi connectivity index (χ4v) is 5.17. The largest absolute Gasteiger partial charge is 0.375 e. The van der Waals surface area contributed by atoms with E-state index in [1.54, 1.807) is 29.2 Å². The van der Waals surface area contributed by atoms with Crippen molar-refractivity contribution < 1.29 is 18.3 Å². The van der Waals surface area contributed by atoms with Crippen LogP contribution in [0, 0.1) is 11.3 Å². The number of pyridine rings is 2. The second-order valence-corrected chi connectivity index (χ2v) is 10.0. The minimum absolute atomic E-state index is 0.0415. The number of nitrogens with zero attached hydrogens (tertiary/aromatic N) is 6. The predicted octanol–water partition coefficient (Wildman–Crippen LogP) is 4.03. The van der Waals surface area contributed by atoms with Gasteiger partial charge in [-0.2, -0.15) is 10.4 Å². The highest BCUT2D eigenvalue weighted by Crippen LogP contribution is 2.33. The molecule has 6 rings (SSSR count). The van der Waals surface area contributed by atoms with Gasteiger partial charge in [0.05, 0.1) is 85.7 Å². The fourth-order valence-electron chi connectivity index (χ4n) is 5.17. The first kappa shape index (κ1) is 24.9. The number of hydrogen-bond donors (Lipinski definition) is 1. The number of aromatic nitrogens is 4. The van der Waals surface area contributed by atoms with Crippen molar-refractivity contribution in [3.63, 3.8) is 0 Å². The summed E-state index contributed by atoms with van der Waals surface area (Å²) in [5.74, 6) is -0.266. The molecule has 3 aromatic heterocycles. The zero-order valence-electron chi connectivity index (χ0n) is 21.2. The van der Waals surface area contributed by atoms with Gasteiger partial charge in [-0.3, -0.25) is 19.4 Å². The van der Waals surface area contributed by atoms with Gasteiger partial charge < -0.3 is 15.0 Å². The topological polar surface area (TPSA) is 109 Å². The van der Waals surface area contributed by atoms with Gasteiger partial charge in [0.15, 0.2) is 0 Å². The first-order valence-electron chi connectivity index (χ1n) is 12.6. The van der Waals surface area contributed by atoms with Crippen LogP contribution in [0.5, 0.6) is 0 Å². The lowest BCUT2D eigenvalue weighted by Crippen LogP contribution is -2.34. The van der Waals surface area contributed by atoms with Crippen LogP contribution in [0.15, 0.2) is 48.9 Å². The van der Waals surface area contributed by atoms with Gasteiger partial charge in [0.2, 0.25) is 0 Å². The number of fused-ring (bicyclic) bond motifs is 3. The third-order valence-corrected chi connectivity index (χ3v) is 7.41. The molecule has 1 N–H and O–H groups in total. The lowest BCUT2D eigenvalue weighted by Gasteiger charge is -2.30. The van der Waals surface area contributed by atoms with Gasteiger partial charge in [-0.1, -0.05) is 6.07 Å². The highest BCUT2D eigenvalue weighted by Gasteiger charge is 2.33. The van der Waals surface area contributed by atoms with Gasteiger partial charge >= 0.3 is 0 Å². The van der Waals surface area contributed by atoms with E-state index in [4.69, 9.17) is 4.74 Å². The molecule has 0 saturated heterocycles. The molecule has 1 atom stereocenters. The molecule has 0 radical (unpaired) electrons. The number of carbonyl (C=O) groups excluding carboxylic acids is 1. The normalized spacial score (nSPS) is 18.5. The number of rotatable bonds is 5. The van der Waals surface area contributed by atoms with Crippen molar-refractivity contribution in [1.82, 2.24) is 25.1 Å². The number of carbonyl (C=O) groups is 1. The Labute approximate surface area is 223 Å². The Morgan fingerprint density at radius 1 is 1.21 bits per heavy atom. The molecule has 2 aliphatic rings. The molecule has 1 amide bonds. The first-order valence-corrected chi connectivity index (χ1v) is 12.6. The van der Waals surface area contributed by atoms with E-state index in [2.05, 4.69) is 26.5 Å². The van der Waals surface area contributed by atoms with Crippen LogP contribution in [0.25, 0.3) is 10.9 Å². The lowest BCUT2D eigenvalue weighted by molar-refractivity contribution is 0.0757. The number of alkyl halides is 2. The molecule has 2 aliphatic heterocycles. The molecular weight excluding hydrogens is 504 g/mol. The van der Waals surface area contributed by atoms with Gasteiger partial charge in [-0.25, -0.2) is 8.78 Å². The number of hydrogen-bond acceptors (Lipinski definition) is 7. The van der Waals surface area contributed by atoms with Crippen LogP contribution < -0.4 is 10.2 Å². The van der Waals surface area contributed by atoms with Crippen molar-refractivity contribution in [2.45, 2.75) is 45.0 Å².